The van der Waals surface area contributed by atoms with Gasteiger partial charge >= 0.3 is 0 Å². The summed E-state index contributed by atoms with van der Waals surface area (Å²) in [7, 11) is 1.56. The molecule has 2 rings (SSSR count). The van der Waals surface area contributed by atoms with Gasteiger partial charge in [0, 0.05) is 18.0 Å². The SMILES string of the molecule is CCCNC(Cc1ccco1)c1c(F)cccc1OC. The largest absolute Gasteiger partial charge is 0.496 e. The Labute approximate surface area is 118 Å². The third-order valence-corrected chi connectivity index (χ3v) is 3.21. The van der Waals surface area contributed by atoms with E-state index in [1.54, 1.807) is 25.5 Å². The minimum atomic E-state index is -0.260. The van der Waals surface area contributed by atoms with Crippen LogP contribution in [0.25, 0.3) is 0 Å². The lowest BCUT2D eigenvalue weighted by molar-refractivity contribution is 0.381. The molecule has 1 aromatic carbocycles. The Morgan fingerprint density at radius 3 is 2.80 bits per heavy atom. The molecule has 108 valence electrons. The fraction of sp³-hybridized carbons (Fsp3) is 0.375. The first kappa shape index (κ1) is 14.6. The van der Waals surface area contributed by atoms with Gasteiger partial charge in [-0.2, -0.15) is 0 Å². The maximum Gasteiger partial charge on any atom is 0.131 e. The summed E-state index contributed by atoms with van der Waals surface area (Å²) in [5.41, 5.74) is 0.555. The molecule has 1 heterocycles. The minimum absolute atomic E-state index is 0.169. The molecule has 1 unspecified atom stereocenters. The summed E-state index contributed by atoms with van der Waals surface area (Å²) in [4.78, 5) is 0. The van der Waals surface area contributed by atoms with E-state index in [1.165, 1.54) is 6.07 Å². The molecule has 0 aliphatic heterocycles. The van der Waals surface area contributed by atoms with Gasteiger partial charge in [0.05, 0.1) is 13.4 Å². The second-order valence-electron chi connectivity index (χ2n) is 4.65. The lowest BCUT2D eigenvalue weighted by atomic mass is 10.0. The van der Waals surface area contributed by atoms with Crippen LogP contribution in [0.2, 0.25) is 0 Å². The summed E-state index contributed by atoms with van der Waals surface area (Å²) in [6.45, 7) is 2.89. The smallest absolute Gasteiger partial charge is 0.131 e. The summed E-state index contributed by atoms with van der Waals surface area (Å²) < 4.78 is 24.9. The standard InChI is InChI=1S/C16H20FNO2/c1-3-9-18-14(11-12-6-5-10-20-12)16-13(17)7-4-8-15(16)19-2/h4-8,10,14,18H,3,9,11H2,1-2H3. The van der Waals surface area contributed by atoms with E-state index in [0.717, 1.165) is 18.7 Å². The first-order valence-corrected chi connectivity index (χ1v) is 6.84. The van der Waals surface area contributed by atoms with Crippen LogP contribution in [0.1, 0.15) is 30.7 Å². The molecular weight excluding hydrogens is 257 g/mol. The first-order chi connectivity index (χ1) is 9.76. The average Bonchev–Trinajstić information content (AvgIpc) is 2.96. The van der Waals surface area contributed by atoms with E-state index < -0.39 is 0 Å². The Balaban J connectivity index is 2.30. The summed E-state index contributed by atoms with van der Waals surface area (Å²) >= 11 is 0. The summed E-state index contributed by atoms with van der Waals surface area (Å²) in [5, 5.41) is 3.36. The fourth-order valence-corrected chi connectivity index (χ4v) is 2.26. The van der Waals surface area contributed by atoms with Gasteiger partial charge in [0.2, 0.25) is 0 Å². The van der Waals surface area contributed by atoms with Crippen LogP contribution in [0.4, 0.5) is 4.39 Å². The van der Waals surface area contributed by atoms with Gasteiger partial charge in [-0.1, -0.05) is 13.0 Å². The molecule has 0 bridgehead atoms. The van der Waals surface area contributed by atoms with E-state index in [0.29, 0.717) is 17.7 Å². The number of hydrogen-bond donors (Lipinski definition) is 1. The Morgan fingerprint density at radius 1 is 1.30 bits per heavy atom. The van der Waals surface area contributed by atoms with Crippen molar-refractivity contribution in [1.82, 2.24) is 5.32 Å². The molecule has 3 nitrogen and oxygen atoms in total. The molecular formula is C16H20FNO2. The molecule has 0 aliphatic rings. The lowest BCUT2D eigenvalue weighted by Gasteiger charge is -2.21. The maximum atomic E-state index is 14.2. The van der Waals surface area contributed by atoms with Gasteiger partial charge in [0.1, 0.15) is 17.3 Å². The summed E-state index contributed by atoms with van der Waals surface area (Å²) in [5.74, 6) is 1.12. The Kier molecular flexibility index (Phi) is 5.18. The molecule has 1 aromatic heterocycles. The van der Waals surface area contributed by atoms with Crippen molar-refractivity contribution >= 4 is 0 Å². The predicted octanol–water partition coefficient (Wildman–Crippen LogP) is 3.71. The molecule has 0 radical (unpaired) electrons. The normalized spacial score (nSPS) is 12.3. The zero-order valence-electron chi connectivity index (χ0n) is 11.9. The number of methoxy groups -OCH3 is 1. The zero-order chi connectivity index (χ0) is 14.4. The average molecular weight is 277 g/mol. The van der Waals surface area contributed by atoms with Crippen LogP contribution >= 0.6 is 0 Å². The van der Waals surface area contributed by atoms with Crippen LogP contribution in [-0.2, 0) is 6.42 Å². The molecule has 0 saturated heterocycles. The molecule has 1 atom stereocenters. The van der Waals surface area contributed by atoms with Crippen LogP contribution in [0, 0.1) is 5.82 Å². The topological polar surface area (TPSA) is 34.4 Å². The van der Waals surface area contributed by atoms with E-state index in [1.807, 2.05) is 12.1 Å². The maximum absolute atomic E-state index is 14.2. The molecule has 2 aromatic rings. The molecule has 0 amide bonds. The van der Waals surface area contributed by atoms with Crippen molar-refractivity contribution in [2.24, 2.45) is 0 Å². The number of rotatable bonds is 7. The highest BCUT2D eigenvalue weighted by atomic mass is 19.1. The van der Waals surface area contributed by atoms with Gasteiger partial charge in [-0.15, -0.1) is 0 Å². The second kappa shape index (κ2) is 7.10. The highest BCUT2D eigenvalue weighted by molar-refractivity contribution is 5.37. The van der Waals surface area contributed by atoms with Crippen molar-refractivity contribution < 1.29 is 13.5 Å². The Bertz CT molecular complexity index is 525. The van der Waals surface area contributed by atoms with Gasteiger partial charge in [0.25, 0.3) is 0 Å². The third kappa shape index (κ3) is 3.39. The minimum Gasteiger partial charge on any atom is -0.496 e. The number of benzene rings is 1. The monoisotopic (exact) mass is 277 g/mol. The van der Waals surface area contributed by atoms with Crippen molar-refractivity contribution in [2.75, 3.05) is 13.7 Å². The molecule has 4 heteroatoms. The Morgan fingerprint density at radius 2 is 2.15 bits per heavy atom. The van der Waals surface area contributed by atoms with Crippen molar-refractivity contribution in [3.8, 4) is 5.75 Å². The number of nitrogens with one attached hydrogen (secondary N) is 1. The molecule has 0 saturated carbocycles. The van der Waals surface area contributed by atoms with Crippen LogP contribution in [0.3, 0.4) is 0 Å². The van der Waals surface area contributed by atoms with E-state index in [9.17, 15) is 4.39 Å². The summed E-state index contributed by atoms with van der Waals surface area (Å²) in [6.07, 6.45) is 3.19. The van der Waals surface area contributed by atoms with Gasteiger partial charge in [-0.3, -0.25) is 0 Å². The predicted molar refractivity (Wildman–Crippen MR) is 76.4 cm³/mol. The van der Waals surface area contributed by atoms with Gasteiger partial charge in [-0.25, -0.2) is 4.39 Å². The van der Waals surface area contributed by atoms with Crippen molar-refractivity contribution in [2.45, 2.75) is 25.8 Å². The second-order valence-corrected chi connectivity index (χ2v) is 4.65. The van der Waals surface area contributed by atoms with E-state index in [2.05, 4.69) is 12.2 Å². The van der Waals surface area contributed by atoms with Crippen LogP contribution in [0.15, 0.2) is 41.0 Å². The van der Waals surface area contributed by atoms with Crippen LogP contribution in [0.5, 0.6) is 5.75 Å². The van der Waals surface area contributed by atoms with Gasteiger partial charge in [-0.05, 0) is 37.2 Å². The molecule has 0 spiro atoms. The third-order valence-electron chi connectivity index (χ3n) is 3.21. The number of ether oxygens (including phenoxy) is 1. The Hall–Kier alpha value is -1.81. The first-order valence-electron chi connectivity index (χ1n) is 6.84. The molecule has 1 N–H and O–H groups in total. The number of furan rings is 1. The molecule has 0 fully saturated rings. The summed E-state index contributed by atoms with van der Waals surface area (Å²) in [6, 6.07) is 8.46. The number of hydrogen-bond acceptors (Lipinski definition) is 3. The van der Waals surface area contributed by atoms with Crippen molar-refractivity contribution in [3.63, 3.8) is 0 Å². The molecule has 0 aliphatic carbocycles. The van der Waals surface area contributed by atoms with Gasteiger partial charge in [0.15, 0.2) is 0 Å². The van der Waals surface area contributed by atoms with E-state index in [-0.39, 0.29) is 11.9 Å². The lowest BCUT2D eigenvalue weighted by Crippen LogP contribution is -2.25. The van der Waals surface area contributed by atoms with Gasteiger partial charge < -0.3 is 14.5 Å². The van der Waals surface area contributed by atoms with Crippen molar-refractivity contribution in [3.05, 3.63) is 53.7 Å². The van der Waals surface area contributed by atoms with Crippen LogP contribution in [-0.4, -0.2) is 13.7 Å². The van der Waals surface area contributed by atoms with Crippen LogP contribution < -0.4 is 10.1 Å². The number of halogens is 1. The highest BCUT2D eigenvalue weighted by Crippen LogP contribution is 2.30. The van der Waals surface area contributed by atoms with E-state index >= 15 is 0 Å². The van der Waals surface area contributed by atoms with E-state index in [4.69, 9.17) is 9.15 Å². The molecule has 20 heavy (non-hydrogen) atoms. The highest BCUT2D eigenvalue weighted by Gasteiger charge is 2.21. The zero-order valence-corrected chi connectivity index (χ0v) is 11.9. The quantitative estimate of drug-likeness (QED) is 0.837. The fourth-order valence-electron chi connectivity index (χ4n) is 2.26. The van der Waals surface area contributed by atoms with Crippen molar-refractivity contribution in [1.29, 1.82) is 0 Å².